The zero-order chi connectivity index (χ0) is 13.7. The largest absolute Gasteiger partial charge is 0.313 e. The third-order valence-electron chi connectivity index (χ3n) is 3.96. The molecule has 3 nitrogen and oxygen atoms in total. The average Bonchev–Trinajstić information content (AvgIpc) is 2.43. The number of piperazine rings is 1. The molecule has 1 aromatic carbocycles. The Kier molecular flexibility index (Phi) is 5.82. The number of hydrogen-bond acceptors (Lipinski definition) is 3. The van der Waals surface area contributed by atoms with Gasteiger partial charge in [-0.15, -0.1) is 0 Å². The number of rotatable bonds is 5. The molecule has 1 aliphatic heterocycles. The van der Waals surface area contributed by atoms with Gasteiger partial charge in [-0.25, -0.2) is 0 Å². The van der Waals surface area contributed by atoms with E-state index in [2.05, 4.69) is 62.4 Å². The summed E-state index contributed by atoms with van der Waals surface area (Å²) in [6.07, 6.45) is 1.16. The summed E-state index contributed by atoms with van der Waals surface area (Å²) in [5.41, 5.74) is 1.36. The molecular weight excluding hydrogens is 302 g/mol. The lowest BCUT2D eigenvalue weighted by atomic mass is 10.0. The molecule has 0 aromatic heterocycles. The summed E-state index contributed by atoms with van der Waals surface area (Å²) < 4.78 is 1.20. The molecule has 1 N–H and O–H groups in total. The van der Waals surface area contributed by atoms with E-state index < -0.39 is 0 Å². The first-order valence-electron chi connectivity index (χ1n) is 7.03. The van der Waals surface area contributed by atoms with Crippen molar-refractivity contribution in [1.82, 2.24) is 15.1 Å². The minimum atomic E-state index is 0.426. The minimum Gasteiger partial charge on any atom is -0.313 e. The minimum absolute atomic E-state index is 0.426. The van der Waals surface area contributed by atoms with E-state index in [1.54, 1.807) is 0 Å². The molecule has 1 unspecified atom stereocenters. The van der Waals surface area contributed by atoms with Gasteiger partial charge < -0.3 is 15.1 Å². The van der Waals surface area contributed by atoms with Crippen molar-refractivity contribution in [3.63, 3.8) is 0 Å². The lowest BCUT2D eigenvalue weighted by Gasteiger charge is -2.33. The van der Waals surface area contributed by atoms with Gasteiger partial charge in [0.25, 0.3) is 0 Å². The van der Waals surface area contributed by atoms with Crippen molar-refractivity contribution >= 4 is 15.9 Å². The summed E-state index contributed by atoms with van der Waals surface area (Å²) in [6.45, 7) is 5.95. The molecule has 1 aliphatic rings. The zero-order valence-electron chi connectivity index (χ0n) is 11.9. The van der Waals surface area contributed by atoms with Crippen LogP contribution in [0.15, 0.2) is 28.7 Å². The molecule has 4 heteroatoms. The fourth-order valence-corrected chi connectivity index (χ4v) is 3.16. The number of nitrogens with one attached hydrogen (secondary N) is 1. The molecule has 0 radical (unpaired) electrons. The predicted octanol–water partition coefficient (Wildman–Crippen LogP) is 2.35. The van der Waals surface area contributed by atoms with Crippen LogP contribution >= 0.6 is 15.9 Å². The highest BCUT2D eigenvalue weighted by molar-refractivity contribution is 9.10. The van der Waals surface area contributed by atoms with Gasteiger partial charge in [0.15, 0.2) is 0 Å². The fraction of sp³-hybridized carbons (Fsp3) is 0.600. The number of likely N-dealkylation sites (N-methyl/N-ethyl adjacent to an activating group) is 1. The van der Waals surface area contributed by atoms with Crippen LogP contribution in [0.2, 0.25) is 0 Å². The lowest BCUT2D eigenvalue weighted by Crippen LogP contribution is -2.45. The van der Waals surface area contributed by atoms with Gasteiger partial charge >= 0.3 is 0 Å². The molecule has 0 amide bonds. The topological polar surface area (TPSA) is 18.5 Å². The maximum atomic E-state index is 3.65. The van der Waals surface area contributed by atoms with Crippen LogP contribution in [0.4, 0.5) is 0 Å². The Labute approximate surface area is 125 Å². The van der Waals surface area contributed by atoms with Gasteiger partial charge in [0.1, 0.15) is 0 Å². The zero-order valence-corrected chi connectivity index (χ0v) is 13.5. The molecule has 1 fully saturated rings. The predicted molar refractivity (Wildman–Crippen MR) is 84.5 cm³/mol. The first kappa shape index (κ1) is 15.0. The van der Waals surface area contributed by atoms with Crippen molar-refractivity contribution in [3.05, 3.63) is 34.3 Å². The Balaban J connectivity index is 1.88. The first-order valence-corrected chi connectivity index (χ1v) is 7.82. The third-order valence-corrected chi connectivity index (χ3v) is 4.68. The molecule has 1 saturated heterocycles. The van der Waals surface area contributed by atoms with Crippen molar-refractivity contribution < 1.29 is 0 Å². The van der Waals surface area contributed by atoms with E-state index in [-0.39, 0.29) is 0 Å². The molecule has 0 saturated carbocycles. The van der Waals surface area contributed by atoms with Crippen LogP contribution < -0.4 is 5.32 Å². The van der Waals surface area contributed by atoms with Gasteiger partial charge in [0, 0.05) is 43.2 Å². The fourth-order valence-electron chi connectivity index (χ4n) is 2.60. The number of hydrogen-bond donors (Lipinski definition) is 1. The van der Waals surface area contributed by atoms with Crippen molar-refractivity contribution in [2.45, 2.75) is 12.5 Å². The molecule has 19 heavy (non-hydrogen) atoms. The highest BCUT2D eigenvalue weighted by Gasteiger charge is 2.17. The molecular formula is C15H24BrN3. The Morgan fingerprint density at radius 1 is 1.21 bits per heavy atom. The Hall–Kier alpha value is -0.420. The maximum Gasteiger partial charge on any atom is 0.0340 e. The number of benzene rings is 1. The van der Waals surface area contributed by atoms with Crippen molar-refractivity contribution in [2.75, 3.05) is 46.8 Å². The second-order valence-corrected chi connectivity index (χ2v) is 6.15. The Morgan fingerprint density at radius 2 is 1.89 bits per heavy atom. The normalized spacial score (nSPS) is 19.5. The van der Waals surface area contributed by atoms with Crippen LogP contribution in [0.5, 0.6) is 0 Å². The molecule has 0 bridgehead atoms. The summed E-state index contributed by atoms with van der Waals surface area (Å²) in [5, 5.41) is 3.44. The maximum absolute atomic E-state index is 3.65. The van der Waals surface area contributed by atoms with Crippen LogP contribution in [-0.4, -0.2) is 56.6 Å². The standard InChI is InChI=1S/C15H24BrN3/c1-17-15(13-5-3-4-6-14(13)16)7-8-19-11-9-18(2)10-12-19/h3-6,15,17H,7-12H2,1-2H3. The summed E-state index contributed by atoms with van der Waals surface area (Å²) in [5.74, 6) is 0. The summed E-state index contributed by atoms with van der Waals surface area (Å²) in [4.78, 5) is 4.97. The number of nitrogens with zero attached hydrogens (tertiary/aromatic N) is 2. The molecule has 0 aliphatic carbocycles. The van der Waals surface area contributed by atoms with Crippen LogP contribution in [-0.2, 0) is 0 Å². The summed E-state index contributed by atoms with van der Waals surface area (Å²) >= 11 is 3.65. The van der Waals surface area contributed by atoms with Gasteiger partial charge in [0.05, 0.1) is 0 Å². The van der Waals surface area contributed by atoms with Crippen molar-refractivity contribution in [1.29, 1.82) is 0 Å². The molecule has 1 atom stereocenters. The highest BCUT2D eigenvalue weighted by Crippen LogP contribution is 2.25. The first-order chi connectivity index (χ1) is 9.20. The molecule has 106 valence electrons. The highest BCUT2D eigenvalue weighted by atomic mass is 79.9. The van der Waals surface area contributed by atoms with Gasteiger partial charge in [0.2, 0.25) is 0 Å². The number of halogens is 1. The van der Waals surface area contributed by atoms with E-state index in [0.29, 0.717) is 6.04 Å². The third kappa shape index (κ3) is 4.28. The van der Waals surface area contributed by atoms with Crippen molar-refractivity contribution in [2.24, 2.45) is 0 Å². The van der Waals surface area contributed by atoms with Crippen LogP contribution in [0, 0.1) is 0 Å². The molecule has 1 aromatic rings. The van der Waals surface area contributed by atoms with Gasteiger partial charge in [-0.3, -0.25) is 0 Å². The van der Waals surface area contributed by atoms with Crippen LogP contribution in [0.25, 0.3) is 0 Å². The second-order valence-electron chi connectivity index (χ2n) is 5.30. The average molecular weight is 326 g/mol. The smallest absolute Gasteiger partial charge is 0.0340 e. The lowest BCUT2D eigenvalue weighted by molar-refractivity contribution is 0.149. The molecule has 0 spiro atoms. The Bertz CT molecular complexity index is 389. The van der Waals surface area contributed by atoms with Gasteiger partial charge in [-0.05, 0) is 32.1 Å². The van der Waals surface area contributed by atoms with E-state index in [0.717, 1.165) is 6.42 Å². The Morgan fingerprint density at radius 3 is 2.53 bits per heavy atom. The van der Waals surface area contributed by atoms with Crippen LogP contribution in [0.1, 0.15) is 18.0 Å². The molecule has 2 rings (SSSR count). The SMILES string of the molecule is CNC(CCN1CCN(C)CC1)c1ccccc1Br. The summed E-state index contributed by atoms with van der Waals surface area (Å²) in [7, 11) is 4.25. The van der Waals surface area contributed by atoms with Gasteiger partial charge in [-0.2, -0.15) is 0 Å². The summed E-state index contributed by atoms with van der Waals surface area (Å²) in [6, 6.07) is 8.93. The second kappa shape index (κ2) is 7.39. The van der Waals surface area contributed by atoms with Crippen molar-refractivity contribution in [3.8, 4) is 0 Å². The van der Waals surface area contributed by atoms with E-state index in [9.17, 15) is 0 Å². The quantitative estimate of drug-likeness (QED) is 0.896. The van der Waals surface area contributed by atoms with Gasteiger partial charge in [-0.1, -0.05) is 34.1 Å². The van der Waals surface area contributed by atoms with E-state index in [1.807, 2.05) is 7.05 Å². The van der Waals surface area contributed by atoms with E-state index in [1.165, 1.54) is 42.8 Å². The van der Waals surface area contributed by atoms with Crippen LogP contribution in [0.3, 0.4) is 0 Å². The van der Waals surface area contributed by atoms with E-state index >= 15 is 0 Å². The monoisotopic (exact) mass is 325 g/mol. The van der Waals surface area contributed by atoms with E-state index in [4.69, 9.17) is 0 Å². The molecule has 1 heterocycles.